The minimum atomic E-state index is 0.428. The summed E-state index contributed by atoms with van der Waals surface area (Å²) in [5.74, 6) is 1.47. The van der Waals surface area contributed by atoms with Crippen LogP contribution in [0.3, 0.4) is 0 Å². The second kappa shape index (κ2) is 6.56. The van der Waals surface area contributed by atoms with Crippen LogP contribution >= 0.6 is 23.2 Å². The average Bonchev–Trinajstić information content (AvgIpc) is 2.93. The van der Waals surface area contributed by atoms with Gasteiger partial charge in [0.15, 0.2) is 5.82 Å². The summed E-state index contributed by atoms with van der Waals surface area (Å²) in [4.78, 5) is 4.27. The summed E-state index contributed by atoms with van der Waals surface area (Å²) in [6.45, 7) is 2.78. The highest BCUT2D eigenvalue weighted by Gasteiger charge is 2.14. The predicted molar refractivity (Wildman–Crippen MR) is 93.9 cm³/mol. The number of aryl methyl sites for hydroxylation is 1. The van der Waals surface area contributed by atoms with Gasteiger partial charge in [0.05, 0.1) is 0 Å². The lowest BCUT2D eigenvalue weighted by Gasteiger charge is -2.12. The van der Waals surface area contributed by atoms with Crippen LogP contribution in [0.25, 0.3) is 22.5 Å². The van der Waals surface area contributed by atoms with E-state index in [-0.39, 0.29) is 0 Å². The van der Waals surface area contributed by atoms with Crippen molar-refractivity contribution in [2.75, 3.05) is 11.9 Å². The summed E-state index contributed by atoms with van der Waals surface area (Å²) < 4.78 is 1.85. The molecule has 0 aliphatic carbocycles. The molecule has 118 valence electrons. The molecular weight excluding hydrogens is 333 g/mol. The summed E-state index contributed by atoms with van der Waals surface area (Å²) in [5.41, 5.74) is 2.80. The largest absolute Gasteiger partial charge is 0.370 e. The quantitative estimate of drug-likeness (QED) is 0.715. The molecule has 0 fully saturated rings. The first-order chi connectivity index (χ1) is 11.1. The maximum Gasteiger partial charge on any atom is 0.164 e. The van der Waals surface area contributed by atoms with E-state index in [0.717, 1.165) is 34.9 Å². The summed E-state index contributed by atoms with van der Waals surface area (Å²) in [7, 11) is 1.89. The summed E-state index contributed by atoms with van der Waals surface area (Å²) in [6, 6.07) is 9.46. The third kappa shape index (κ3) is 3.30. The van der Waals surface area contributed by atoms with E-state index in [1.807, 2.05) is 48.9 Å². The third-order valence-electron chi connectivity index (χ3n) is 3.40. The monoisotopic (exact) mass is 347 g/mol. The Labute approximate surface area is 144 Å². The van der Waals surface area contributed by atoms with E-state index < -0.39 is 0 Å². The molecule has 3 aromatic rings. The maximum atomic E-state index is 6.18. The van der Waals surface area contributed by atoms with Gasteiger partial charge < -0.3 is 9.88 Å². The first-order valence-corrected chi connectivity index (χ1v) is 7.90. The van der Waals surface area contributed by atoms with Gasteiger partial charge in [-0.25, -0.2) is 4.98 Å². The lowest BCUT2D eigenvalue weighted by atomic mass is 10.00. The number of anilines is 1. The molecule has 2 heterocycles. The third-order valence-corrected chi connectivity index (χ3v) is 3.83. The normalized spacial score (nSPS) is 10.8. The molecule has 7 heteroatoms. The summed E-state index contributed by atoms with van der Waals surface area (Å²) in [6.07, 6.45) is 1.66. The van der Waals surface area contributed by atoms with Gasteiger partial charge in [-0.3, -0.25) is 0 Å². The van der Waals surface area contributed by atoms with Crippen LogP contribution < -0.4 is 5.32 Å². The van der Waals surface area contributed by atoms with Gasteiger partial charge in [-0.05, 0) is 42.3 Å². The molecule has 3 rings (SSSR count). The van der Waals surface area contributed by atoms with Crippen molar-refractivity contribution < 1.29 is 0 Å². The Bertz CT molecular complexity index is 844. The molecule has 23 heavy (non-hydrogen) atoms. The molecule has 0 radical (unpaired) electrons. The van der Waals surface area contributed by atoms with Crippen LogP contribution in [0.2, 0.25) is 10.2 Å². The van der Waals surface area contributed by atoms with Crippen LogP contribution in [0.15, 0.2) is 36.7 Å². The van der Waals surface area contributed by atoms with Crippen LogP contribution in [-0.2, 0) is 7.05 Å². The molecule has 1 aromatic carbocycles. The Morgan fingerprint density at radius 3 is 2.65 bits per heavy atom. The average molecular weight is 348 g/mol. The van der Waals surface area contributed by atoms with Crippen LogP contribution in [0.5, 0.6) is 0 Å². The lowest BCUT2D eigenvalue weighted by Crippen LogP contribution is -2.00. The zero-order valence-electron chi connectivity index (χ0n) is 12.7. The van der Waals surface area contributed by atoms with E-state index in [2.05, 4.69) is 20.5 Å². The van der Waals surface area contributed by atoms with Crippen molar-refractivity contribution >= 4 is 29.0 Å². The van der Waals surface area contributed by atoms with Gasteiger partial charge in [-0.1, -0.05) is 29.3 Å². The fraction of sp³-hybridized carbons (Fsp3) is 0.188. The minimum absolute atomic E-state index is 0.428. The summed E-state index contributed by atoms with van der Waals surface area (Å²) >= 11 is 12.3. The Kier molecular flexibility index (Phi) is 4.50. The van der Waals surface area contributed by atoms with Gasteiger partial charge in [0, 0.05) is 24.2 Å². The smallest absolute Gasteiger partial charge is 0.164 e. The number of hydrogen-bond acceptors (Lipinski definition) is 4. The van der Waals surface area contributed by atoms with E-state index in [9.17, 15) is 0 Å². The van der Waals surface area contributed by atoms with E-state index in [1.54, 1.807) is 6.33 Å². The van der Waals surface area contributed by atoms with Crippen LogP contribution in [0, 0.1) is 0 Å². The standard InChI is InChI=1S/C16H15Cl2N5/c1-3-19-15-7-10(6-14(18)21-15)12-5-4-11(17)8-13(12)16-22-20-9-23(16)2/h4-9H,3H2,1-2H3,(H,19,21). The number of benzene rings is 1. The second-order valence-corrected chi connectivity index (χ2v) is 5.87. The zero-order chi connectivity index (χ0) is 16.4. The van der Waals surface area contributed by atoms with Gasteiger partial charge in [-0.2, -0.15) is 0 Å². The van der Waals surface area contributed by atoms with Crippen LogP contribution in [-0.4, -0.2) is 26.3 Å². The molecular formula is C16H15Cl2N5. The molecule has 0 spiro atoms. The van der Waals surface area contributed by atoms with Crippen molar-refractivity contribution in [2.45, 2.75) is 6.92 Å². The molecule has 2 aromatic heterocycles. The van der Waals surface area contributed by atoms with Crippen molar-refractivity contribution in [3.05, 3.63) is 46.8 Å². The second-order valence-electron chi connectivity index (χ2n) is 5.05. The first-order valence-electron chi connectivity index (χ1n) is 7.14. The molecule has 0 unspecified atom stereocenters. The highest BCUT2D eigenvalue weighted by atomic mass is 35.5. The number of nitrogens with zero attached hydrogens (tertiary/aromatic N) is 4. The number of rotatable bonds is 4. The SMILES string of the molecule is CCNc1cc(-c2ccc(Cl)cc2-c2nncn2C)cc(Cl)n1. The predicted octanol–water partition coefficient (Wildman–Crippen LogP) is 4.28. The van der Waals surface area contributed by atoms with Crippen molar-refractivity contribution in [1.29, 1.82) is 0 Å². The Morgan fingerprint density at radius 1 is 1.13 bits per heavy atom. The van der Waals surface area contributed by atoms with Gasteiger partial charge in [-0.15, -0.1) is 10.2 Å². The van der Waals surface area contributed by atoms with E-state index in [4.69, 9.17) is 23.2 Å². The number of pyridine rings is 1. The Balaban J connectivity index is 2.19. The molecule has 0 amide bonds. The van der Waals surface area contributed by atoms with Crippen molar-refractivity contribution in [3.8, 4) is 22.5 Å². The molecule has 0 aliphatic heterocycles. The zero-order valence-corrected chi connectivity index (χ0v) is 14.2. The molecule has 1 N–H and O–H groups in total. The van der Waals surface area contributed by atoms with Crippen molar-refractivity contribution in [1.82, 2.24) is 19.7 Å². The fourth-order valence-corrected chi connectivity index (χ4v) is 2.79. The van der Waals surface area contributed by atoms with E-state index in [0.29, 0.717) is 10.2 Å². The molecule has 0 bridgehead atoms. The van der Waals surface area contributed by atoms with Crippen molar-refractivity contribution in [3.63, 3.8) is 0 Å². The summed E-state index contributed by atoms with van der Waals surface area (Å²) in [5, 5.41) is 12.4. The number of halogens is 2. The fourth-order valence-electron chi connectivity index (χ4n) is 2.40. The van der Waals surface area contributed by atoms with Gasteiger partial charge in [0.1, 0.15) is 17.3 Å². The molecule has 0 atom stereocenters. The highest BCUT2D eigenvalue weighted by molar-refractivity contribution is 6.31. The molecule has 0 saturated carbocycles. The highest BCUT2D eigenvalue weighted by Crippen LogP contribution is 2.34. The van der Waals surface area contributed by atoms with E-state index in [1.165, 1.54) is 0 Å². The Morgan fingerprint density at radius 2 is 1.96 bits per heavy atom. The van der Waals surface area contributed by atoms with Crippen LogP contribution in [0.1, 0.15) is 6.92 Å². The Hall–Kier alpha value is -2.11. The first kappa shape index (κ1) is 15.8. The number of aromatic nitrogens is 4. The lowest BCUT2D eigenvalue weighted by molar-refractivity contribution is 0.920. The van der Waals surface area contributed by atoms with Gasteiger partial charge in [0.2, 0.25) is 0 Å². The molecule has 0 aliphatic rings. The minimum Gasteiger partial charge on any atom is -0.370 e. The van der Waals surface area contributed by atoms with Gasteiger partial charge in [0.25, 0.3) is 0 Å². The van der Waals surface area contributed by atoms with Crippen LogP contribution in [0.4, 0.5) is 5.82 Å². The maximum absolute atomic E-state index is 6.18. The van der Waals surface area contributed by atoms with Gasteiger partial charge >= 0.3 is 0 Å². The topological polar surface area (TPSA) is 55.6 Å². The number of hydrogen-bond donors (Lipinski definition) is 1. The molecule has 0 saturated heterocycles. The number of nitrogens with one attached hydrogen (secondary N) is 1. The van der Waals surface area contributed by atoms with Crippen molar-refractivity contribution in [2.24, 2.45) is 7.05 Å². The van der Waals surface area contributed by atoms with E-state index >= 15 is 0 Å². The molecule has 5 nitrogen and oxygen atoms in total.